The molecular formula is C18H19FN2O4S. The molecular weight excluding hydrogens is 359 g/mol. The molecule has 0 amide bonds. The van der Waals surface area contributed by atoms with Crippen molar-refractivity contribution in [3.8, 4) is 17.6 Å². The minimum Gasteiger partial charge on any atom is -0.488 e. The Morgan fingerprint density at radius 1 is 1.46 bits per heavy atom. The average molecular weight is 378 g/mol. The molecule has 0 spiro atoms. The van der Waals surface area contributed by atoms with E-state index in [0.717, 1.165) is 11.3 Å². The summed E-state index contributed by atoms with van der Waals surface area (Å²) in [6.45, 7) is 0.404. The van der Waals surface area contributed by atoms with Crippen LogP contribution in [0.4, 0.5) is 4.39 Å². The van der Waals surface area contributed by atoms with Gasteiger partial charge in [0, 0.05) is 16.9 Å². The average Bonchev–Trinajstić information content (AvgIpc) is 3.02. The Kier molecular flexibility index (Phi) is 7.09. The van der Waals surface area contributed by atoms with Gasteiger partial charge in [0.2, 0.25) is 0 Å². The molecule has 0 aliphatic heterocycles. The summed E-state index contributed by atoms with van der Waals surface area (Å²) in [4.78, 5) is 17.1. The van der Waals surface area contributed by atoms with Crippen LogP contribution in [0.2, 0.25) is 0 Å². The molecule has 26 heavy (non-hydrogen) atoms. The first-order valence-electron chi connectivity index (χ1n) is 7.76. The van der Waals surface area contributed by atoms with E-state index in [1.807, 2.05) is 19.0 Å². The lowest BCUT2D eigenvalue weighted by molar-refractivity contribution is 0.0687. The summed E-state index contributed by atoms with van der Waals surface area (Å²) < 4.78 is 19.4. The van der Waals surface area contributed by atoms with Crippen LogP contribution in [0.25, 0.3) is 0 Å². The lowest BCUT2D eigenvalue weighted by Gasteiger charge is -2.12. The number of aliphatic hydroxyl groups is 1. The fourth-order valence-corrected chi connectivity index (χ4v) is 2.87. The highest BCUT2D eigenvalue weighted by molar-refractivity contribution is 7.09. The molecule has 6 nitrogen and oxygen atoms in total. The molecule has 138 valence electrons. The number of aliphatic hydroxyl groups excluding tert-OH is 1. The lowest BCUT2D eigenvalue weighted by atomic mass is 10.2. The zero-order valence-electron chi connectivity index (χ0n) is 14.4. The molecule has 0 radical (unpaired) electrons. The highest BCUT2D eigenvalue weighted by atomic mass is 32.1. The van der Waals surface area contributed by atoms with Gasteiger partial charge in [-0.25, -0.2) is 14.2 Å². The van der Waals surface area contributed by atoms with E-state index in [2.05, 4.69) is 16.8 Å². The number of hydrogen-bond donors (Lipinski definition) is 2. The summed E-state index contributed by atoms with van der Waals surface area (Å²) in [5, 5.41) is 19.0. The van der Waals surface area contributed by atoms with E-state index in [4.69, 9.17) is 9.84 Å². The van der Waals surface area contributed by atoms with E-state index in [0.29, 0.717) is 17.0 Å². The Bertz CT molecular complexity index is 826. The van der Waals surface area contributed by atoms with Gasteiger partial charge in [-0.05, 0) is 32.3 Å². The molecule has 1 aromatic heterocycles. The minimum atomic E-state index is -1.15. The van der Waals surface area contributed by atoms with Crippen LogP contribution in [0, 0.1) is 17.7 Å². The van der Waals surface area contributed by atoms with Crippen LogP contribution < -0.4 is 4.74 Å². The van der Waals surface area contributed by atoms with E-state index in [-0.39, 0.29) is 24.5 Å². The molecule has 2 rings (SSSR count). The monoisotopic (exact) mass is 378 g/mol. The SMILES string of the molecule is CN(C)CC#Cc1ccc(OCC(O)Cc2scnc2C(=O)O)c(F)c1. The van der Waals surface area contributed by atoms with E-state index in [1.54, 1.807) is 6.07 Å². The zero-order chi connectivity index (χ0) is 19.1. The number of carbonyl (C=O) groups is 1. The van der Waals surface area contributed by atoms with Crippen LogP contribution in [-0.2, 0) is 6.42 Å². The van der Waals surface area contributed by atoms with Crippen LogP contribution in [0.15, 0.2) is 23.7 Å². The summed E-state index contributed by atoms with van der Waals surface area (Å²) in [5.74, 6) is 4.06. The van der Waals surface area contributed by atoms with Gasteiger partial charge >= 0.3 is 5.97 Å². The predicted molar refractivity (Wildman–Crippen MR) is 96.1 cm³/mol. The summed E-state index contributed by atoms with van der Waals surface area (Å²) in [5.41, 5.74) is 1.86. The zero-order valence-corrected chi connectivity index (χ0v) is 15.2. The Morgan fingerprint density at radius 2 is 2.23 bits per heavy atom. The van der Waals surface area contributed by atoms with Gasteiger partial charge in [0.1, 0.15) is 6.61 Å². The van der Waals surface area contributed by atoms with Crippen molar-refractivity contribution < 1.29 is 24.1 Å². The molecule has 1 unspecified atom stereocenters. The summed E-state index contributed by atoms with van der Waals surface area (Å²) in [6, 6.07) is 4.37. The fraction of sp³-hybridized carbons (Fsp3) is 0.333. The predicted octanol–water partition coefficient (Wildman–Crippen LogP) is 1.88. The normalized spacial score (nSPS) is 11.7. The molecule has 2 aromatic rings. The molecule has 1 atom stereocenters. The minimum absolute atomic E-state index is 0.00460. The Hall–Kier alpha value is -2.47. The number of nitrogens with zero attached hydrogens (tertiary/aromatic N) is 2. The van der Waals surface area contributed by atoms with E-state index in [1.165, 1.54) is 17.6 Å². The molecule has 0 aliphatic carbocycles. The first kappa shape index (κ1) is 19.8. The van der Waals surface area contributed by atoms with Gasteiger partial charge < -0.3 is 14.9 Å². The number of carboxylic acids is 1. The smallest absolute Gasteiger partial charge is 0.355 e. The maximum Gasteiger partial charge on any atom is 0.355 e. The third kappa shape index (κ3) is 5.81. The molecule has 0 fully saturated rings. The second-order valence-corrected chi connectivity index (χ2v) is 6.72. The van der Waals surface area contributed by atoms with Crippen LogP contribution in [0.3, 0.4) is 0 Å². The first-order chi connectivity index (χ1) is 12.4. The van der Waals surface area contributed by atoms with Crippen LogP contribution >= 0.6 is 11.3 Å². The number of ether oxygens (including phenoxy) is 1. The standard InChI is InChI=1S/C18H19FN2O4S/c1-21(2)7-3-4-12-5-6-15(14(19)8-12)25-10-13(22)9-16-17(18(23)24)20-11-26-16/h5-6,8,11,13,22H,7,9-10H2,1-2H3,(H,23,24). The number of rotatable bonds is 7. The highest BCUT2D eigenvalue weighted by Crippen LogP contribution is 2.20. The van der Waals surface area contributed by atoms with Gasteiger partial charge in [-0.3, -0.25) is 4.90 Å². The van der Waals surface area contributed by atoms with Crippen molar-refractivity contribution in [3.63, 3.8) is 0 Å². The fourth-order valence-electron chi connectivity index (χ4n) is 2.04. The second kappa shape index (κ2) is 9.29. The molecule has 2 N–H and O–H groups in total. The van der Waals surface area contributed by atoms with Crippen molar-refractivity contribution in [2.75, 3.05) is 27.2 Å². The maximum atomic E-state index is 14.1. The van der Waals surface area contributed by atoms with Gasteiger partial charge in [-0.2, -0.15) is 0 Å². The van der Waals surface area contributed by atoms with Crippen molar-refractivity contribution >= 4 is 17.3 Å². The molecule has 0 saturated carbocycles. The molecule has 0 bridgehead atoms. The number of halogens is 1. The van der Waals surface area contributed by atoms with Gasteiger partial charge in [-0.15, -0.1) is 11.3 Å². The number of benzene rings is 1. The van der Waals surface area contributed by atoms with E-state index < -0.39 is 17.9 Å². The van der Waals surface area contributed by atoms with Crippen molar-refractivity contribution in [1.82, 2.24) is 9.88 Å². The molecule has 1 heterocycles. The van der Waals surface area contributed by atoms with E-state index in [9.17, 15) is 14.3 Å². The van der Waals surface area contributed by atoms with Gasteiger partial charge in [0.05, 0.1) is 18.2 Å². The number of hydrogen-bond acceptors (Lipinski definition) is 6. The lowest BCUT2D eigenvalue weighted by Crippen LogP contribution is -2.21. The largest absolute Gasteiger partial charge is 0.488 e. The molecule has 1 aromatic carbocycles. The number of aromatic carboxylic acids is 1. The summed E-state index contributed by atoms with van der Waals surface area (Å²) in [7, 11) is 3.78. The number of thiazole rings is 1. The summed E-state index contributed by atoms with van der Waals surface area (Å²) in [6.07, 6.45) is -0.908. The van der Waals surface area contributed by atoms with Crippen molar-refractivity contribution in [2.24, 2.45) is 0 Å². The Balaban J connectivity index is 1.93. The Labute approximate surface area is 154 Å². The molecule has 8 heteroatoms. The van der Waals surface area contributed by atoms with Crippen molar-refractivity contribution in [3.05, 3.63) is 45.7 Å². The highest BCUT2D eigenvalue weighted by Gasteiger charge is 2.17. The first-order valence-corrected chi connectivity index (χ1v) is 8.64. The summed E-state index contributed by atoms with van der Waals surface area (Å²) >= 11 is 1.14. The Morgan fingerprint density at radius 3 is 2.88 bits per heavy atom. The number of carboxylic acid groups (broad SMARTS) is 1. The van der Waals surface area contributed by atoms with E-state index >= 15 is 0 Å². The van der Waals surface area contributed by atoms with Crippen molar-refractivity contribution in [2.45, 2.75) is 12.5 Å². The quantitative estimate of drug-likeness (QED) is 0.716. The topological polar surface area (TPSA) is 82.9 Å². The van der Waals surface area contributed by atoms with Crippen LogP contribution in [0.1, 0.15) is 20.9 Å². The van der Waals surface area contributed by atoms with Gasteiger partial charge in [0.25, 0.3) is 0 Å². The van der Waals surface area contributed by atoms with Crippen LogP contribution in [-0.4, -0.2) is 59.4 Å². The second-order valence-electron chi connectivity index (χ2n) is 5.78. The van der Waals surface area contributed by atoms with Gasteiger partial charge in [0.15, 0.2) is 17.3 Å². The number of aromatic nitrogens is 1. The third-order valence-electron chi connectivity index (χ3n) is 3.26. The van der Waals surface area contributed by atoms with Crippen LogP contribution in [0.5, 0.6) is 5.75 Å². The third-order valence-corrected chi connectivity index (χ3v) is 4.11. The van der Waals surface area contributed by atoms with Crippen molar-refractivity contribution in [1.29, 1.82) is 0 Å². The maximum absolute atomic E-state index is 14.1. The molecule has 0 aliphatic rings. The van der Waals surface area contributed by atoms with Gasteiger partial charge in [-0.1, -0.05) is 11.8 Å². The molecule has 0 saturated heterocycles.